The van der Waals surface area contributed by atoms with E-state index in [0.717, 1.165) is 11.3 Å². The second-order valence-electron chi connectivity index (χ2n) is 2.75. The maximum absolute atomic E-state index is 11.0. The largest absolute Gasteiger partial charge is 0.353 e. The Morgan fingerprint density at radius 3 is 2.73 bits per heavy atom. The Labute approximate surface area is 94.1 Å². The van der Waals surface area contributed by atoms with Crippen molar-refractivity contribution < 1.29 is 12.9 Å². The molecule has 15 heavy (non-hydrogen) atoms. The highest BCUT2D eigenvalue weighted by Crippen LogP contribution is 2.29. The molecule has 0 aliphatic carbocycles. The van der Waals surface area contributed by atoms with Crippen LogP contribution in [0, 0.1) is 6.92 Å². The fourth-order valence-corrected chi connectivity index (χ4v) is 2.77. The number of hydrogen-bond acceptors (Lipinski definition) is 6. The molecule has 0 aromatic carbocycles. The second-order valence-corrected chi connectivity index (χ2v) is 6.58. The summed E-state index contributed by atoms with van der Waals surface area (Å²) in [6, 6.07) is 1.67. The first-order valence-corrected chi connectivity index (χ1v) is 6.93. The zero-order chi connectivity index (χ0) is 11.1. The van der Waals surface area contributed by atoms with Crippen LogP contribution < -0.4 is 0 Å². The van der Waals surface area contributed by atoms with Crippen LogP contribution in [0.25, 0.3) is 10.8 Å². The fraction of sp³-hybridized carbons (Fsp3) is 0.143. The van der Waals surface area contributed by atoms with Gasteiger partial charge in [0.15, 0.2) is 15.0 Å². The standard InChI is InChI=1S/C7H5ClN2O3S2/c1-4-2-5(13-10-4)7-9-3-6(14-7)15(8,11)12/h2-3H,1H3. The smallest absolute Gasteiger partial charge is 0.272 e. The van der Waals surface area contributed by atoms with E-state index in [0.29, 0.717) is 16.5 Å². The molecule has 8 heteroatoms. The van der Waals surface area contributed by atoms with Gasteiger partial charge in [0.05, 0.1) is 11.9 Å². The monoisotopic (exact) mass is 264 g/mol. The summed E-state index contributed by atoms with van der Waals surface area (Å²) in [6.45, 7) is 1.76. The van der Waals surface area contributed by atoms with Gasteiger partial charge in [0.25, 0.3) is 9.05 Å². The van der Waals surface area contributed by atoms with E-state index in [1.165, 1.54) is 6.20 Å². The van der Waals surface area contributed by atoms with Crippen LogP contribution in [0.15, 0.2) is 21.0 Å². The van der Waals surface area contributed by atoms with Gasteiger partial charge in [-0.3, -0.25) is 0 Å². The molecular weight excluding hydrogens is 260 g/mol. The summed E-state index contributed by atoms with van der Waals surface area (Å²) in [4.78, 5) is 3.89. The van der Waals surface area contributed by atoms with Gasteiger partial charge in [0, 0.05) is 16.7 Å². The summed E-state index contributed by atoms with van der Waals surface area (Å²) in [5.74, 6) is 0.434. The molecule has 0 saturated heterocycles. The number of thiazole rings is 1. The lowest BCUT2D eigenvalue weighted by Crippen LogP contribution is -1.83. The molecule has 0 amide bonds. The third-order valence-corrected chi connectivity index (χ3v) is 4.64. The van der Waals surface area contributed by atoms with Gasteiger partial charge >= 0.3 is 0 Å². The molecule has 0 aliphatic rings. The van der Waals surface area contributed by atoms with Crippen molar-refractivity contribution in [2.45, 2.75) is 11.1 Å². The number of rotatable bonds is 2. The molecule has 2 aromatic heterocycles. The van der Waals surface area contributed by atoms with E-state index in [2.05, 4.69) is 10.1 Å². The summed E-state index contributed by atoms with van der Waals surface area (Å²) in [5.41, 5.74) is 0.704. The van der Waals surface area contributed by atoms with E-state index < -0.39 is 9.05 Å². The summed E-state index contributed by atoms with van der Waals surface area (Å²) < 4.78 is 26.9. The van der Waals surface area contributed by atoms with Crippen molar-refractivity contribution in [1.82, 2.24) is 10.1 Å². The maximum Gasteiger partial charge on any atom is 0.272 e. The molecule has 0 saturated carbocycles. The normalized spacial score (nSPS) is 11.9. The van der Waals surface area contributed by atoms with E-state index in [-0.39, 0.29) is 4.21 Å². The Morgan fingerprint density at radius 2 is 2.27 bits per heavy atom. The van der Waals surface area contributed by atoms with Crippen LogP contribution in [0.5, 0.6) is 0 Å². The Morgan fingerprint density at radius 1 is 1.53 bits per heavy atom. The van der Waals surface area contributed by atoms with Crippen molar-refractivity contribution in [3.63, 3.8) is 0 Å². The molecule has 0 radical (unpaired) electrons. The van der Waals surface area contributed by atoms with Crippen LogP contribution >= 0.6 is 22.0 Å². The minimum absolute atomic E-state index is 0.00628. The molecule has 0 aliphatic heterocycles. The van der Waals surface area contributed by atoms with Crippen molar-refractivity contribution in [3.8, 4) is 10.8 Å². The average molecular weight is 265 g/mol. The zero-order valence-electron chi connectivity index (χ0n) is 7.47. The highest BCUT2D eigenvalue weighted by atomic mass is 35.7. The van der Waals surface area contributed by atoms with Crippen LogP contribution in [-0.2, 0) is 9.05 Å². The van der Waals surface area contributed by atoms with Gasteiger partial charge in [0.2, 0.25) is 0 Å². The second kappa shape index (κ2) is 3.58. The predicted octanol–water partition coefficient (Wildman–Crippen LogP) is 2.03. The highest BCUT2D eigenvalue weighted by Gasteiger charge is 2.17. The molecular formula is C7H5ClN2O3S2. The number of halogens is 1. The number of aromatic nitrogens is 2. The Bertz CT molecular complexity index is 587. The van der Waals surface area contributed by atoms with E-state index >= 15 is 0 Å². The Kier molecular flexibility index (Phi) is 2.53. The quantitative estimate of drug-likeness (QED) is 0.776. The third-order valence-electron chi connectivity index (χ3n) is 1.56. The minimum Gasteiger partial charge on any atom is -0.353 e. The average Bonchev–Trinajstić information content (AvgIpc) is 2.69. The van der Waals surface area contributed by atoms with E-state index in [4.69, 9.17) is 15.2 Å². The molecule has 0 fully saturated rings. The molecule has 2 aromatic rings. The zero-order valence-corrected chi connectivity index (χ0v) is 9.86. The lowest BCUT2D eigenvalue weighted by Gasteiger charge is -1.84. The summed E-state index contributed by atoms with van der Waals surface area (Å²) in [5, 5.41) is 4.11. The van der Waals surface area contributed by atoms with Gasteiger partial charge in [0.1, 0.15) is 0 Å². The lowest BCUT2D eigenvalue weighted by molar-refractivity contribution is 0.427. The van der Waals surface area contributed by atoms with Crippen molar-refractivity contribution in [2.24, 2.45) is 0 Å². The van der Waals surface area contributed by atoms with Crippen molar-refractivity contribution in [1.29, 1.82) is 0 Å². The van der Waals surface area contributed by atoms with E-state index in [9.17, 15) is 8.42 Å². The molecule has 0 bridgehead atoms. The summed E-state index contributed by atoms with van der Waals surface area (Å²) >= 11 is 0.941. The van der Waals surface area contributed by atoms with Crippen LogP contribution in [0.2, 0.25) is 0 Å². The Hall–Kier alpha value is -0.920. The Balaban J connectivity index is 2.44. The first kappa shape index (κ1) is 10.6. The first-order chi connectivity index (χ1) is 6.97. The van der Waals surface area contributed by atoms with E-state index in [1.54, 1.807) is 13.0 Å². The van der Waals surface area contributed by atoms with Gasteiger partial charge in [-0.1, -0.05) is 16.5 Å². The van der Waals surface area contributed by atoms with Crippen LogP contribution in [-0.4, -0.2) is 18.6 Å². The number of aryl methyl sites for hydroxylation is 1. The number of nitrogens with zero attached hydrogens (tertiary/aromatic N) is 2. The van der Waals surface area contributed by atoms with Crippen LogP contribution in [0.4, 0.5) is 0 Å². The van der Waals surface area contributed by atoms with Crippen molar-refractivity contribution in [3.05, 3.63) is 18.0 Å². The van der Waals surface area contributed by atoms with Crippen molar-refractivity contribution >= 4 is 31.1 Å². The van der Waals surface area contributed by atoms with Gasteiger partial charge in [-0.05, 0) is 6.92 Å². The molecule has 2 rings (SSSR count). The highest BCUT2D eigenvalue weighted by molar-refractivity contribution is 8.15. The molecule has 5 nitrogen and oxygen atoms in total. The maximum atomic E-state index is 11.0. The molecule has 0 N–H and O–H groups in total. The van der Waals surface area contributed by atoms with E-state index in [1.807, 2.05) is 0 Å². The number of hydrogen-bond donors (Lipinski definition) is 0. The topological polar surface area (TPSA) is 73.1 Å². The summed E-state index contributed by atoms with van der Waals surface area (Å²) in [6.07, 6.45) is 1.19. The molecule has 0 unspecified atom stereocenters. The first-order valence-electron chi connectivity index (χ1n) is 3.81. The van der Waals surface area contributed by atoms with Gasteiger partial charge in [-0.2, -0.15) is 0 Å². The summed E-state index contributed by atoms with van der Waals surface area (Å²) in [7, 11) is 1.44. The third kappa shape index (κ3) is 2.19. The molecule has 80 valence electrons. The van der Waals surface area contributed by atoms with Gasteiger partial charge in [-0.15, -0.1) is 0 Å². The van der Waals surface area contributed by atoms with Crippen molar-refractivity contribution in [2.75, 3.05) is 0 Å². The predicted molar refractivity (Wildman–Crippen MR) is 55.4 cm³/mol. The lowest BCUT2D eigenvalue weighted by atomic mass is 10.4. The van der Waals surface area contributed by atoms with Gasteiger partial charge < -0.3 is 4.52 Å². The fourth-order valence-electron chi connectivity index (χ4n) is 0.950. The van der Waals surface area contributed by atoms with Crippen LogP contribution in [0.1, 0.15) is 5.69 Å². The van der Waals surface area contributed by atoms with Gasteiger partial charge in [-0.25, -0.2) is 13.4 Å². The molecule has 0 spiro atoms. The minimum atomic E-state index is -3.72. The molecule has 0 atom stereocenters. The molecule has 2 heterocycles. The SMILES string of the molecule is Cc1cc(-c2ncc(S(=O)(=O)Cl)s2)on1. The van der Waals surface area contributed by atoms with Crippen LogP contribution in [0.3, 0.4) is 0 Å².